The number of nitrogens with zero attached hydrogens (tertiary/aromatic N) is 1. The van der Waals surface area contributed by atoms with Crippen molar-refractivity contribution >= 4 is 28.2 Å². The lowest BCUT2D eigenvalue weighted by Crippen LogP contribution is -2.61. The highest BCUT2D eigenvalue weighted by Gasteiger charge is 2.46. The largest absolute Gasteiger partial charge is 0.339 e. The van der Waals surface area contributed by atoms with E-state index in [9.17, 15) is 13.2 Å². The van der Waals surface area contributed by atoms with Crippen LogP contribution in [0.5, 0.6) is 0 Å². The number of nitrogens with two attached hydrogens (primary N) is 1. The standard InChI is InChI=1S/C12H22N2O3S.ClH/c1-11(2)9-14(7-8-18(11,16)17)10(15)12(13)5-3-4-6-12;/h3-9,13H2,1-2H3;1H. The SMILES string of the molecule is CC1(C)CN(C(=O)C2(N)CCCC2)CCS1(=O)=O.Cl. The third-order valence-electron chi connectivity index (χ3n) is 4.25. The zero-order chi connectivity index (χ0) is 13.6. The zero-order valence-corrected chi connectivity index (χ0v) is 13.1. The van der Waals surface area contributed by atoms with Gasteiger partial charge in [0.05, 0.1) is 16.0 Å². The van der Waals surface area contributed by atoms with E-state index in [4.69, 9.17) is 5.73 Å². The van der Waals surface area contributed by atoms with Crippen LogP contribution in [0, 0.1) is 0 Å². The summed E-state index contributed by atoms with van der Waals surface area (Å²) in [5, 5.41) is 0. The van der Waals surface area contributed by atoms with E-state index in [2.05, 4.69) is 0 Å². The van der Waals surface area contributed by atoms with Gasteiger partial charge in [0, 0.05) is 13.1 Å². The molecular formula is C12H23ClN2O3S. The Balaban J connectivity index is 0.00000180. The summed E-state index contributed by atoms with van der Waals surface area (Å²) in [4.78, 5) is 14.1. The first-order valence-electron chi connectivity index (χ1n) is 6.49. The van der Waals surface area contributed by atoms with Crippen LogP contribution in [0.4, 0.5) is 0 Å². The summed E-state index contributed by atoms with van der Waals surface area (Å²) in [6, 6.07) is 0. The second-order valence-corrected chi connectivity index (χ2v) is 8.91. The lowest BCUT2D eigenvalue weighted by Gasteiger charge is -2.40. The summed E-state index contributed by atoms with van der Waals surface area (Å²) < 4.78 is 22.9. The molecule has 1 amide bonds. The Morgan fingerprint density at radius 2 is 1.74 bits per heavy atom. The second-order valence-electron chi connectivity index (χ2n) is 6.17. The van der Waals surface area contributed by atoms with Gasteiger partial charge in [-0.25, -0.2) is 8.42 Å². The Labute approximate surface area is 121 Å². The Morgan fingerprint density at radius 1 is 1.21 bits per heavy atom. The second kappa shape index (κ2) is 5.22. The summed E-state index contributed by atoms with van der Waals surface area (Å²) in [7, 11) is -3.11. The molecule has 0 aromatic carbocycles. The fourth-order valence-corrected chi connectivity index (χ4v) is 4.22. The first-order chi connectivity index (χ1) is 8.18. The molecule has 0 bridgehead atoms. The van der Waals surface area contributed by atoms with Crippen LogP contribution < -0.4 is 5.73 Å². The predicted molar refractivity (Wildman–Crippen MR) is 77.1 cm³/mol. The van der Waals surface area contributed by atoms with Crippen LogP contribution >= 0.6 is 12.4 Å². The van der Waals surface area contributed by atoms with Gasteiger partial charge in [-0.2, -0.15) is 0 Å². The van der Waals surface area contributed by atoms with E-state index >= 15 is 0 Å². The quantitative estimate of drug-likeness (QED) is 0.773. The molecule has 1 heterocycles. The lowest BCUT2D eigenvalue weighted by atomic mass is 9.96. The number of hydrogen-bond donors (Lipinski definition) is 1. The monoisotopic (exact) mass is 310 g/mol. The van der Waals surface area contributed by atoms with Crippen molar-refractivity contribution in [2.75, 3.05) is 18.8 Å². The molecule has 0 aromatic heterocycles. The fourth-order valence-electron chi connectivity index (χ4n) is 2.85. The van der Waals surface area contributed by atoms with Crippen LogP contribution in [0.2, 0.25) is 0 Å². The normalized spacial score (nSPS) is 27.6. The molecule has 7 heteroatoms. The van der Waals surface area contributed by atoms with E-state index in [0.717, 1.165) is 25.7 Å². The van der Waals surface area contributed by atoms with Gasteiger partial charge in [0.15, 0.2) is 9.84 Å². The van der Waals surface area contributed by atoms with Crippen molar-refractivity contribution in [2.24, 2.45) is 5.73 Å². The maximum atomic E-state index is 12.4. The predicted octanol–water partition coefficient (Wildman–Crippen LogP) is 0.715. The molecule has 1 saturated heterocycles. The molecule has 2 fully saturated rings. The molecule has 1 aliphatic heterocycles. The Morgan fingerprint density at radius 3 is 2.21 bits per heavy atom. The maximum Gasteiger partial charge on any atom is 0.242 e. The molecule has 2 rings (SSSR count). The molecule has 0 radical (unpaired) electrons. The van der Waals surface area contributed by atoms with Gasteiger partial charge in [0.2, 0.25) is 5.91 Å². The van der Waals surface area contributed by atoms with Gasteiger partial charge in [-0.15, -0.1) is 12.4 Å². The van der Waals surface area contributed by atoms with Crippen molar-refractivity contribution in [1.29, 1.82) is 0 Å². The van der Waals surface area contributed by atoms with Gasteiger partial charge in [-0.1, -0.05) is 12.8 Å². The molecule has 0 unspecified atom stereocenters. The fraction of sp³-hybridized carbons (Fsp3) is 0.917. The molecule has 2 aliphatic rings. The highest BCUT2D eigenvalue weighted by atomic mass is 35.5. The Bertz CT molecular complexity index is 456. The van der Waals surface area contributed by atoms with Crippen LogP contribution in [-0.2, 0) is 14.6 Å². The summed E-state index contributed by atoms with van der Waals surface area (Å²) in [5.74, 6) is -0.0232. The van der Waals surface area contributed by atoms with Gasteiger partial charge in [-0.3, -0.25) is 4.79 Å². The van der Waals surface area contributed by atoms with E-state index in [-0.39, 0.29) is 37.2 Å². The minimum atomic E-state index is -3.11. The molecule has 1 aliphatic carbocycles. The Kier molecular flexibility index (Phi) is 4.59. The van der Waals surface area contributed by atoms with Crippen LogP contribution in [-0.4, -0.2) is 48.4 Å². The average molecular weight is 311 g/mol. The minimum Gasteiger partial charge on any atom is -0.339 e. The third-order valence-corrected chi connectivity index (χ3v) is 6.79. The summed E-state index contributed by atoms with van der Waals surface area (Å²) in [6.07, 6.45) is 3.40. The number of carbonyl (C=O) groups is 1. The molecule has 0 aromatic rings. The number of sulfone groups is 1. The van der Waals surface area contributed by atoms with Gasteiger partial charge >= 0.3 is 0 Å². The molecule has 2 N–H and O–H groups in total. The molecule has 19 heavy (non-hydrogen) atoms. The highest BCUT2D eigenvalue weighted by molar-refractivity contribution is 7.92. The van der Waals surface area contributed by atoms with Crippen molar-refractivity contribution in [3.05, 3.63) is 0 Å². The summed E-state index contributed by atoms with van der Waals surface area (Å²) in [5.41, 5.74) is 5.40. The van der Waals surface area contributed by atoms with E-state index in [1.165, 1.54) is 0 Å². The third kappa shape index (κ3) is 2.90. The topological polar surface area (TPSA) is 80.5 Å². The first kappa shape index (κ1) is 16.7. The van der Waals surface area contributed by atoms with Crippen molar-refractivity contribution in [3.8, 4) is 0 Å². The summed E-state index contributed by atoms with van der Waals surface area (Å²) in [6.45, 7) is 3.90. The van der Waals surface area contributed by atoms with E-state index in [1.807, 2.05) is 0 Å². The van der Waals surface area contributed by atoms with Crippen molar-refractivity contribution in [2.45, 2.75) is 49.8 Å². The van der Waals surface area contributed by atoms with E-state index in [1.54, 1.807) is 18.7 Å². The number of rotatable bonds is 1. The molecule has 1 saturated carbocycles. The number of amides is 1. The van der Waals surface area contributed by atoms with Crippen LogP contribution in [0.15, 0.2) is 0 Å². The van der Waals surface area contributed by atoms with E-state index < -0.39 is 20.1 Å². The van der Waals surface area contributed by atoms with Crippen LogP contribution in [0.3, 0.4) is 0 Å². The number of halogens is 1. The zero-order valence-electron chi connectivity index (χ0n) is 11.5. The van der Waals surface area contributed by atoms with Gasteiger partial charge < -0.3 is 10.6 Å². The number of carbonyl (C=O) groups excluding carboxylic acids is 1. The van der Waals surface area contributed by atoms with Gasteiger partial charge in [0.25, 0.3) is 0 Å². The molecule has 5 nitrogen and oxygen atoms in total. The van der Waals surface area contributed by atoms with Crippen LogP contribution in [0.1, 0.15) is 39.5 Å². The molecular weight excluding hydrogens is 288 g/mol. The summed E-state index contributed by atoms with van der Waals surface area (Å²) >= 11 is 0. The van der Waals surface area contributed by atoms with Crippen molar-refractivity contribution in [1.82, 2.24) is 4.90 Å². The van der Waals surface area contributed by atoms with E-state index in [0.29, 0.717) is 0 Å². The van der Waals surface area contributed by atoms with Gasteiger partial charge in [-0.05, 0) is 26.7 Å². The number of hydrogen-bond acceptors (Lipinski definition) is 4. The molecule has 0 spiro atoms. The van der Waals surface area contributed by atoms with Crippen molar-refractivity contribution in [3.63, 3.8) is 0 Å². The lowest BCUT2D eigenvalue weighted by molar-refractivity contribution is -0.137. The maximum absolute atomic E-state index is 12.4. The average Bonchev–Trinajstić information content (AvgIpc) is 2.70. The Hall–Kier alpha value is -0.330. The van der Waals surface area contributed by atoms with Crippen molar-refractivity contribution < 1.29 is 13.2 Å². The highest BCUT2D eigenvalue weighted by Crippen LogP contribution is 2.31. The van der Waals surface area contributed by atoms with Crippen LogP contribution in [0.25, 0.3) is 0 Å². The molecule has 112 valence electrons. The minimum absolute atomic E-state index is 0. The molecule has 0 atom stereocenters. The first-order valence-corrected chi connectivity index (χ1v) is 8.14. The smallest absolute Gasteiger partial charge is 0.242 e. The van der Waals surface area contributed by atoms with Gasteiger partial charge in [0.1, 0.15) is 0 Å².